The van der Waals surface area contributed by atoms with Gasteiger partial charge in [-0.25, -0.2) is 18.4 Å². The Balaban J connectivity index is 2.88. The number of rotatable bonds is 2. The fraction of sp³-hybridized carbons (Fsp3) is 0.545. The molecule has 6 nitrogen and oxygen atoms in total. The summed E-state index contributed by atoms with van der Waals surface area (Å²) in [5.74, 6) is 0.309. The number of nitrogens with zero attached hydrogens (tertiary/aromatic N) is 4. The summed E-state index contributed by atoms with van der Waals surface area (Å²) >= 11 is 4.93. The van der Waals surface area contributed by atoms with Gasteiger partial charge < -0.3 is 0 Å². The highest BCUT2D eigenvalue weighted by Gasteiger charge is 2.33. The molecular weight excluding hydrogens is 326 g/mol. The van der Waals surface area contributed by atoms with E-state index in [1.54, 1.807) is 0 Å². The maximum absolute atomic E-state index is 13.2. The van der Waals surface area contributed by atoms with Crippen LogP contribution in [0.1, 0.15) is 32.3 Å². The lowest BCUT2D eigenvalue weighted by Crippen LogP contribution is -2.16. The third-order valence-electron chi connectivity index (χ3n) is 2.59. The van der Waals surface area contributed by atoms with Crippen LogP contribution in [-0.4, -0.2) is 34.3 Å². The molecule has 21 heavy (non-hydrogen) atoms. The van der Waals surface area contributed by atoms with Crippen LogP contribution in [0, 0.1) is 0 Å². The Morgan fingerprint density at radius 3 is 2.24 bits per heavy atom. The van der Waals surface area contributed by atoms with Crippen molar-refractivity contribution < 1.29 is 17.2 Å². The number of aromatic nitrogens is 4. The van der Waals surface area contributed by atoms with Gasteiger partial charge in [0.1, 0.15) is 5.69 Å². The first-order valence-corrected chi connectivity index (χ1v) is 8.12. The highest BCUT2D eigenvalue weighted by atomic mass is 35.5. The quantitative estimate of drug-likeness (QED) is 0.619. The van der Waals surface area contributed by atoms with Crippen LogP contribution in [0.25, 0.3) is 5.65 Å². The first-order chi connectivity index (χ1) is 9.30. The van der Waals surface area contributed by atoms with Crippen molar-refractivity contribution in [2.75, 3.05) is 6.26 Å². The molecule has 0 saturated carbocycles. The molecule has 10 heteroatoms. The maximum atomic E-state index is 13.2. The van der Waals surface area contributed by atoms with E-state index in [1.165, 1.54) is 0 Å². The number of hydrogen-bond donors (Lipinski definition) is 0. The third kappa shape index (κ3) is 3.13. The molecule has 0 atom stereocenters. The predicted octanol–water partition coefficient (Wildman–Crippen LogP) is 2.11. The summed E-state index contributed by atoms with van der Waals surface area (Å²) in [5.41, 5.74) is -1.42. The summed E-state index contributed by atoms with van der Waals surface area (Å²) < 4.78 is 50.9. The molecule has 2 heterocycles. The van der Waals surface area contributed by atoms with Crippen molar-refractivity contribution in [1.82, 2.24) is 19.6 Å². The SMILES string of the molecule is CC(C)(C)c1nc2cc(C(F)(F)Cl)nc(S(C)(=O)=O)n2n1. The fourth-order valence-electron chi connectivity index (χ4n) is 1.57. The molecule has 0 amide bonds. The Kier molecular flexibility index (Phi) is 3.49. The topological polar surface area (TPSA) is 77.2 Å². The van der Waals surface area contributed by atoms with E-state index in [-0.39, 0.29) is 5.65 Å². The summed E-state index contributed by atoms with van der Waals surface area (Å²) in [6.45, 7) is 5.44. The van der Waals surface area contributed by atoms with E-state index in [0.717, 1.165) is 16.8 Å². The van der Waals surface area contributed by atoms with Gasteiger partial charge in [-0.3, -0.25) is 0 Å². The third-order valence-corrected chi connectivity index (χ3v) is 3.71. The number of hydrogen-bond acceptors (Lipinski definition) is 5. The van der Waals surface area contributed by atoms with Gasteiger partial charge in [0.05, 0.1) is 0 Å². The van der Waals surface area contributed by atoms with E-state index in [9.17, 15) is 17.2 Å². The van der Waals surface area contributed by atoms with E-state index in [2.05, 4.69) is 15.1 Å². The Hall–Kier alpha value is -1.35. The zero-order valence-corrected chi connectivity index (χ0v) is 13.3. The molecular formula is C11H13ClF2N4O2S. The molecule has 0 aromatic carbocycles. The van der Waals surface area contributed by atoms with Crippen LogP contribution >= 0.6 is 11.6 Å². The minimum absolute atomic E-state index is 0.0503. The summed E-state index contributed by atoms with van der Waals surface area (Å²) in [4.78, 5) is 7.52. The van der Waals surface area contributed by atoms with Gasteiger partial charge in [0.15, 0.2) is 11.5 Å². The number of sulfone groups is 1. The molecule has 0 aliphatic heterocycles. The van der Waals surface area contributed by atoms with Crippen molar-refractivity contribution in [3.63, 3.8) is 0 Å². The van der Waals surface area contributed by atoms with Crippen LogP contribution in [0.15, 0.2) is 11.2 Å². The molecule has 0 N–H and O–H groups in total. The van der Waals surface area contributed by atoms with Crippen LogP contribution in [0.2, 0.25) is 0 Å². The van der Waals surface area contributed by atoms with Crippen LogP contribution in [0.4, 0.5) is 8.78 Å². The molecule has 2 aromatic heterocycles. The average molecular weight is 339 g/mol. The van der Waals surface area contributed by atoms with Gasteiger partial charge in [-0.05, 0) is 11.6 Å². The van der Waals surface area contributed by atoms with Gasteiger partial charge in [0, 0.05) is 17.7 Å². The highest BCUT2D eigenvalue weighted by molar-refractivity contribution is 7.90. The van der Waals surface area contributed by atoms with E-state index in [0.29, 0.717) is 5.82 Å². The molecule has 0 aliphatic carbocycles. The average Bonchev–Trinajstić information content (AvgIpc) is 2.67. The van der Waals surface area contributed by atoms with Gasteiger partial charge in [-0.1, -0.05) is 20.8 Å². The van der Waals surface area contributed by atoms with Crippen LogP contribution in [0.5, 0.6) is 0 Å². The van der Waals surface area contributed by atoms with Gasteiger partial charge in [-0.15, -0.1) is 5.10 Å². The Labute approximate surface area is 125 Å². The van der Waals surface area contributed by atoms with Gasteiger partial charge in [-0.2, -0.15) is 13.3 Å². The minimum atomic E-state index is -3.89. The maximum Gasteiger partial charge on any atom is 0.365 e. The second-order valence-electron chi connectivity index (χ2n) is 5.65. The standard InChI is InChI=1S/C11H13ClF2N4O2S/c1-10(2,3)8-16-7-5-6(11(12,13)14)15-9(18(7)17-8)21(4,19)20/h5H,1-4H3. The number of halogens is 3. The molecule has 0 saturated heterocycles. The van der Waals surface area contributed by atoms with Gasteiger partial charge in [0.2, 0.25) is 9.84 Å². The molecule has 0 fully saturated rings. The minimum Gasteiger partial charge on any atom is -0.221 e. The first kappa shape index (κ1) is 16.0. The second-order valence-corrected chi connectivity index (χ2v) is 8.03. The van der Waals surface area contributed by atoms with Crippen LogP contribution in [0.3, 0.4) is 0 Å². The number of alkyl halides is 3. The molecule has 0 unspecified atom stereocenters. The molecule has 2 rings (SSSR count). The molecule has 0 radical (unpaired) electrons. The Morgan fingerprint density at radius 2 is 1.81 bits per heavy atom. The Bertz CT molecular complexity index is 806. The lowest BCUT2D eigenvalue weighted by atomic mass is 9.96. The van der Waals surface area contributed by atoms with Crippen molar-refractivity contribution in [2.45, 2.75) is 36.7 Å². The van der Waals surface area contributed by atoms with Crippen molar-refractivity contribution >= 4 is 27.1 Å². The zero-order chi connectivity index (χ0) is 16.2. The lowest BCUT2D eigenvalue weighted by molar-refractivity contribution is 0.0890. The zero-order valence-electron chi connectivity index (χ0n) is 11.7. The normalized spacial score (nSPS) is 13.9. The van der Waals surface area contributed by atoms with E-state index >= 15 is 0 Å². The van der Waals surface area contributed by atoms with Crippen LogP contribution < -0.4 is 0 Å². The van der Waals surface area contributed by atoms with E-state index in [1.807, 2.05) is 20.8 Å². The summed E-state index contributed by atoms with van der Waals surface area (Å²) in [5, 5.41) is -0.374. The molecule has 0 spiro atoms. The van der Waals surface area contributed by atoms with E-state index in [4.69, 9.17) is 11.6 Å². The van der Waals surface area contributed by atoms with Crippen molar-refractivity contribution in [2.24, 2.45) is 0 Å². The predicted molar refractivity (Wildman–Crippen MR) is 72.3 cm³/mol. The monoisotopic (exact) mass is 338 g/mol. The van der Waals surface area contributed by atoms with Gasteiger partial charge >= 0.3 is 5.38 Å². The summed E-state index contributed by atoms with van der Waals surface area (Å²) in [7, 11) is -3.89. The first-order valence-electron chi connectivity index (χ1n) is 5.86. The lowest BCUT2D eigenvalue weighted by Gasteiger charge is -2.11. The second kappa shape index (κ2) is 4.57. The van der Waals surface area contributed by atoms with Crippen LogP contribution in [-0.2, 0) is 20.6 Å². The molecule has 2 aromatic rings. The summed E-state index contributed by atoms with van der Waals surface area (Å²) in [6, 6.07) is 0.921. The molecule has 0 bridgehead atoms. The molecule has 0 aliphatic rings. The van der Waals surface area contributed by atoms with E-state index < -0.39 is 31.5 Å². The Morgan fingerprint density at radius 1 is 1.24 bits per heavy atom. The fourth-order valence-corrected chi connectivity index (χ4v) is 2.38. The van der Waals surface area contributed by atoms with Crippen molar-refractivity contribution in [3.8, 4) is 0 Å². The molecule has 116 valence electrons. The smallest absolute Gasteiger partial charge is 0.221 e. The largest absolute Gasteiger partial charge is 0.365 e. The van der Waals surface area contributed by atoms with Crippen molar-refractivity contribution in [3.05, 3.63) is 17.6 Å². The number of fused-ring (bicyclic) bond motifs is 1. The van der Waals surface area contributed by atoms with Gasteiger partial charge in [0.25, 0.3) is 5.16 Å². The highest BCUT2D eigenvalue weighted by Crippen LogP contribution is 2.32. The summed E-state index contributed by atoms with van der Waals surface area (Å²) in [6.07, 6.45) is 0.851. The van der Waals surface area contributed by atoms with Crippen molar-refractivity contribution in [1.29, 1.82) is 0 Å².